The van der Waals surface area contributed by atoms with Crippen molar-refractivity contribution in [2.24, 2.45) is 0 Å². The third-order valence-electron chi connectivity index (χ3n) is 2.70. The molecule has 128 valence electrons. The van der Waals surface area contributed by atoms with Gasteiger partial charge in [-0.2, -0.15) is 0 Å². The molecule has 23 heavy (non-hydrogen) atoms. The number of rotatable bonds is 6. The van der Waals surface area contributed by atoms with Gasteiger partial charge in [-0.25, -0.2) is 9.18 Å². The molecule has 0 aliphatic heterocycles. The second-order valence-electron chi connectivity index (χ2n) is 6.93. The first-order valence-corrected chi connectivity index (χ1v) is 7.36. The van der Waals surface area contributed by atoms with Crippen molar-refractivity contribution < 1.29 is 23.5 Å². The quantitative estimate of drug-likeness (QED) is 0.815. The van der Waals surface area contributed by atoms with E-state index >= 15 is 0 Å². The highest BCUT2D eigenvalue weighted by Gasteiger charge is 2.25. The van der Waals surface area contributed by atoms with Crippen LogP contribution in [0.15, 0.2) is 24.3 Å². The summed E-state index contributed by atoms with van der Waals surface area (Å²) in [6.45, 7) is 8.84. The predicted octanol–water partition coefficient (Wildman–Crippen LogP) is 3.33. The van der Waals surface area contributed by atoms with Crippen LogP contribution < -0.4 is 5.32 Å². The SMILES string of the molecule is CC(C)(COCC(=O)c1ccc(F)cc1)NC(=O)OC(C)(C)C. The van der Waals surface area contributed by atoms with Crippen LogP contribution in [-0.4, -0.2) is 36.2 Å². The van der Waals surface area contributed by atoms with Gasteiger partial charge in [0.05, 0.1) is 12.1 Å². The average Bonchev–Trinajstić information content (AvgIpc) is 2.35. The molecular weight excluding hydrogens is 301 g/mol. The van der Waals surface area contributed by atoms with Gasteiger partial charge in [-0.1, -0.05) is 0 Å². The van der Waals surface area contributed by atoms with Gasteiger partial charge in [0.25, 0.3) is 0 Å². The van der Waals surface area contributed by atoms with Gasteiger partial charge in [0.15, 0.2) is 5.78 Å². The third kappa shape index (κ3) is 7.74. The van der Waals surface area contributed by atoms with E-state index in [1.165, 1.54) is 24.3 Å². The van der Waals surface area contributed by atoms with Crippen molar-refractivity contribution in [3.05, 3.63) is 35.6 Å². The summed E-state index contributed by atoms with van der Waals surface area (Å²) in [7, 11) is 0. The minimum atomic E-state index is -0.689. The van der Waals surface area contributed by atoms with Gasteiger partial charge >= 0.3 is 6.09 Å². The molecule has 1 N–H and O–H groups in total. The molecule has 1 aromatic rings. The molecule has 0 bridgehead atoms. The van der Waals surface area contributed by atoms with Crippen molar-refractivity contribution in [1.29, 1.82) is 0 Å². The zero-order valence-corrected chi connectivity index (χ0v) is 14.2. The molecule has 0 spiro atoms. The van der Waals surface area contributed by atoms with Crippen LogP contribution in [0.1, 0.15) is 45.0 Å². The predicted molar refractivity (Wildman–Crippen MR) is 85.0 cm³/mol. The molecule has 0 fully saturated rings. The average molecular weight is 325 g/mol. The first kappa shape index (κ1) is 19.1. The van der Waals surface area contributed by atoms with E-state index < -0.39 is 23.1 Å². The second kappa shape index (κ2) is 7.55. The number of ketones is 1. The number of Topliss-reactive ketones (excluding diaryl/α,β-unsaturated/α-hetero) is 1. The molecule has 0 saturated heterocycles. The molecule has 0 aromatic heterocycles. The molecule has 0 unspecified atom stereocenters. The molecule has 0 radical (unpaired) electrons. The highest BCUT2D eigenvalue weighted by molar-refractivity contribution is 5.97. The standard InChI is InChI=1S/C17H24FNO4/c1-16(2,3)23-15(21)19-17(4,5)11-22-10-14(20)12-6-8-13(18)9-7-12/h6-9H,10-11H2,1-5H3,(H,19,21). The summed E-state index contributed by atoms with van der Waals surface area (Å²) in [6.07, 6.45) is -0.545. The van der Waals surface area contributed by atoms with Gasteiger partial charge in [-0.15, -0.1) is 0 Å². The Bertz CT molecular complexity index is 547. The van der Waals surface area contributed by atoms with E-state index in [1.807, 2.05) is 0 Å². The fourth-order valence-electron chi connectivity index (χ4n) is 1.73. The highest BCUT2D eigenvalue weighted by Crippen LogP contribution is 2.10. The number of alkyl carbamates (subject to hydrolysis) is 1. The van der Waals surface area contributed by atoms with Crippen LogP contribution in [0.4, 0.5) is 9.18 Å². The zero-order chi connectivity index (χ0) is 17.7. The number of amides is 1. The van der Waals surface area contributed by atoms with Gasteiger partial charge in [-0.05, 0) is 58.9 Å². The fourth-order valence-corrected chi connectivity index (χ4v) is 1.73. The largest absolute Gasteiger partial charge is 0.444 e. The van der Waals surface area contributed by atoms with Crippen LogP contribution >= 0.6 is 0 Å². The normalized spacial score (nSPS) is 11.9. The molecule has 0 heterocycles. The van der Waals surface area contributed by atoms with Crippen LogP contribution in [0.5, 0.6) is 0 Å². The Morgan fingerprint density at radius 3 is 2.17 bits per heavy atom. The number of carbonyl (C=O) groups is 2. The van der Waals surface area contributed by atoms with Crippen molar-refractivity contribution in [3.63, 3.8) is 0 Å². The number of hydrogen-bond donors (Lipinski definition) is 1. The number of nitrogens with one attached hydrogen (secondary N) is 1. The maximum absolute atomic E-state index is 12.8. The van der Waals surface area contributed by atoms with Gasteiger partial charge in [-0.3, -0.25) is 4.79 Å². The zero-order valence-electron chi connectivity index (χ0n) is 14.2. The first-order chi connectivity index (χ1) is 10.5. The number of halogens is 1. The Hall–Kier alpha value is -1.95. The van der Waals surface area contributed by atoms with Crippen LogP contribution in [0.3, 0.4) is 0 Å². The lowest BCUT2D eigenvalue weighted by molar-refractivity contribution is 0.0349. The maximum Gasteiger partial charge on any atom is 0.408 e. The summed E-state index contributed by atoms with van der Waals surface area (Å²) in [5.74, 6) is -0.650. The first-order valence-electron chi connectivity index (χ1n) is 7.36. The van der Waals surface area contributed by atoms with Crippen LogP contribution in [0.2, 0.25) is 0 Å². The topological polar surface area (TPSA) is 64.6 Å². The monoisotopic (exact) mass is 325 g/mol. The van der Waals surface area contributed by atoms with Crippen LogP contribution in [0, 0.1) is 5.82 Å². The van der Waals surface area contributed by atoms with Crippen molar-refractivity contribution in [3.8, 4) is 0 Å². The van der Waals surface area contributed by atoms with Crippen molar-refractivity contribution in [2.75, 3.05) is 13.2 Å². The van der Waals surface area contributed by atoms with E-state index in [9.17, 15) is 14.0 Å². The maximum atomic E-state index is 12.8. The molecule has 6 heteroatoms. The highest BCUT2D eigenvalue weighted by atomic mass is 19.1. The molecule has 1 aromatic carbocycles. The fraction of sp³-hybridized carbons (Fsp3) is 0.529. The van der Waals surface area contributed by atoms with Crippen molar-refractivity contribution in [1.82, 2.24) is 5.32 Å². The van der Waals surface area contributed by atoms with Gasteiger partial charge in [0, 0.05) is 5.56 Å². The molecule has 5 nitrogen and oxygen atoms in total. The van der Waals surface area contributed by atoms with Crippen molar-refractivity contribution >= 4 is 11.9 Å². The van der Waals surface area contributed by atoms with E-state index in [-0.39, 0.29) is 19.0 Å². The van der Waals surface area contributed by atoms with E-state index in [0.717, 1.165) is 0 Å². The summed E-state index contributed by atoms with van der Waals surface area (Å²) >= 11 is 0. The Morgan fingerprint density at radius 1 is 1.09 bits per heavy atom. The lowest BCUT2D eigenvalue weighted by atomic mass is 10.1. The minimum absolute atomic E-state index is 0.138. The smallest absolute Gasteiger partial charge is 0.408 e. The lowest BCUT2D eigenvalue weighted by Gasteiger charge is -2.28. The third-order valence-corrected chi connectivity index (χ3v) is 2.70. The number of carbonyl (C=O) groups excluding carboxylic acids is 2. The molecule has 0 atom stereocenters. The molecule has 1 amide bonds. The molecule has 0 aliphatic carbocycles. The van der Waals surface area contributed by atoms with Gasteiger partial charge in [0.2, 0.25) is 0 Å². The Labute approximate surface area is 136 Å². The van der Waals surface area contributed by atoms with Gasteiger partial charge < -0.3 is 14.8 Å². The van der Waals surface area contributed by atoms with E-state index in [4.69, 9.17) is 9.47 Å². The summed E-state index contributed by atoms with van der Waals surface area (Å²) < 4.78 is 23.3. The summed E-state index contributed by atoms with van der Waals surface area (Å²) in [5, 5.41) is 2.69. The number of ether oxygens (including phenoxy) is 2. The summed E-state index contributed by atoms with van der Waals surface area (Å²) in [6, 6.07) is 5.26. The second-order valence-corrected chi connectivity index (χ2v) is 6.93. The number of benzene rings is 1. The molecule has 0 saturated carbocycles. The molecular formula is C17H24FNO4. The van der Waals surface area contributed by atoms with Gasteiger partial charge in [0.1, 0.15) is 18.0 Å². The van der Waals surface area contributed by atoms with E-state index in [1.54, 1.807) is 34.6 Å². The lowest BCUT2D eigenvalue weighted by Crippen LogP contribution is -2.49. The van der Waals surface area contributed by atoms with Crippen LogP contribution in [0.25, 0.3) is 0 Å². The molecule has 1 rings (SSSR count). The Balaban J connectivity index is 2.42. The summed E-state index contributed by atoms with van der Waals surface area (Å²) in [4.78, 5) is 23.6. The Kier molecular flexibility index (Phi) is 6.27. The van der Waals surface area contributed by atoms with Crippen LogP contribution in [-0.2, 0) is 9.47 Å². The Morgan fingerprint density at radius 2 is 1.65 bits per heavy atom. The van der Waals surface area contributed by atoms with E-state index in [2.05, 4.69) is 5.32 Å². The minimum Gasteiger partial charge on any atom is -0.444 e. The van der Waals surface area contributed by atoms with Crippen molar-refractivity contribution in [2.45, 2.75) is 45.8 Å². The number of hydrogen-bond acceptors (Lipinski definition) is 4. The van der Waals surface area contributed by atoms with E-state index in [0.29, 0.717) is 5.56 Å². The molecule has 0 aliphatic rings. The summed E-state index contributed by atoms with van der Waals surface area (Å²) in [5.41, 5.74) is -0.894.